The van der Waals surface area contributed by atoms with Gasteiger partial charge in [0, 0.05) is 6.04 Å². The van der Waals surface area contributed by atoms with Gasteiger partial charge in [0.2, 0.25) is 0 Å². The predicted octanol–water partition coefficient (Wildman–Crippen LogP) is 2.17. The second-order valence-corrected chi connectivity index (χ2v) is 3.67. The number of nitrogens with zero attached hydrogens (tertiary/aromatic N) is 4. The molecule has 2 heterocycles. The van der Waals surface area contributed by atoms with Crippen LogP contribution in [-0.4, -0.2) is 19.5 Å². The van der Waals surface area contributed by atoms with E-state index in [2.05, 4.69) is 39.3 Å². The van der Waals surface area contributed by atoms with E-state index >= 15 is 0 Å². The van der Waals surface area contributed by atoms with Crippen LogP contribution in [0.3, 0.4) is 0 Å². The van der Waals surface area contributed by atoms with E-state index in [1.165, 1.54) is 0 Å². The van der Waals surface area contributed by atoms with E-state index in [0.29, 0.717) is 17.4 Å². The topological polar surface area (TPSA) is 43.6 Å². The summed E-state index contributed by atoms with van der Waals surface area (Å²) in [6.45, 7) is 4.30. The molecule has 2 aromatic heterocycles. The minimum absolute atomic E-state index is 0.410. The van der Waals surface area contributed by atoms with Crippen LogP contribution in [0.4, 0.5) is 0 Å². The molecule has 0 saturated heterocycles. The Kier molecular flexibility index (Phi) is 2.86. The Morgan fingerprint density at radius 2 is 2.12 bits per heavy atom. The summed E-state index contributed by atoms with van der Waals surface area (Å²) in [6.07, 6.45) is 10.8. The van der Waals surface area contributed by atoms with E-state index in [4.69, 9.17) is 6.42 Å². The van der Waals surface area contributed by atoms with Crippen molar-refractivity contribution >= 4 is 11.3 Å². The first-order valence-electron chi connectivity index (χ1n) is 5.46. The van der Waals surface area contributed by atoms with E-state index in [1.54, 1.807) is 12.5 Å². The summed E-state index contributed by atoms with van der Waals surface area (Å²) < 4.78 is 2.06. The second-order valence-electron chi connectivity index (χ2n) is 3.67. The van der Waals surface area contributed by atoms with Gasteiger partial charge in [-0.25, -0.2) is 15.0 Å². The zero-order chi connectivity index (χ0) is 11.5. The van der Waals surface area contributed by atoms with Crippen LogP contribution in [0.2, 0.25) is 0 Å². The van der Waals surface area contributed by atoms with Gasteiger partial charge in [-0.1, -0.05) is 13.8 Å². The Labute approximate surface area is 94.7 Å². The molecule has 0 aromatic carbocycles. The first-order valence-corrected chi connectivity index (χ1v) is 5.46. The van der Waals surface area contributed by atoms with Crippen molar-refractivity contribution in [2.45, 2.75) is 32.7 Å². The Morgan fingerprint density at radius 1 is 1.38 bits per heavy atom. The highest BCUT2D eigenvalue weighted by molar-refractivity contribution is 5.66. The summed E-state index contributed by atoms with van der Waals surface area (Å²) in [5, 5.41) is 0. The molecule has 0 saturated carbocycles. The van der Waals surface area contributed by atoms with Gasteiger partial charge < -0.3 is 4.57 Å². The molecule has 4 heteroatoms. The van der Waals surface area contributed by atoms with Crippen LogP contribution >= 0.6 is 0 Å². The van der Waals surface area contributed by atoms with Crippen LogP contribution in [0.5, 0.6) is 0 Å². The van der Waals surface area contributed by atoms with Crippen molar-refractivity contribution in [2.75, 3.05) is 0 Å². The zero-order valence-electron chi connectivity index (χ0n) is 9.51. The van der Waals surface area contributed by atoms with Crippen molar-refractivity contribution in [3.63, 3.8) is 0 Å². The monoisotopic (exact) mass is 214 g/mol. The van der Waals surface area contributed by atoms with Crippen molar-refractivity contribution in [3.05, 3.63) is 18.2 Å². The highest BCUT2D eigenvalue weighted by Crippen LogP contribution is 2.19. The van der Waals surface area contributed by atoms with Crippen LogP contribution in [-0.2, 0) is 0 Å². The van der Waals surface area contributed by atoms with Gasteiger partial charge in [0.15, 0.2) is 11.3 Å². The average molecular weight is 214 g/mol. The fourth-order valence-corrected chi connectivity index (χ4v) is 1.83. The van der Waals surface area contributed by atoms with Gasteiger partial charge in [-0.2, -0.15) is 0 Å². The van der Waals surface area contributed by atoms with Crippen LogP contribution in [0.1, 0.15) is 38.4 Å². The molecule has 2 rings (SSSR count). The van der Waals surface area contributed by atoms with E-state index in [0.717, 1.165) is 18.5 Å². The number of imidazole rings is 1. The van der Waals surface area contributed by atoms with Crippen molar-refractivity contribution in [3.8, 4) is 12.3 Å². The maximum Gasteiger partial charge on any atom is 0.197 e. The SMILES string of the molecule is C#Cc1cnc2ncn(C(CC)CC)c2n1. The summed E-state index contributed by atoms with van der Waals surface area (Å²) in [6, 6.07) is 0.410. The number of rotatable bonds is 3. The number of aromatic nitrogens is 4. The van der Waals surface area contributed by atoms with Gasteiger partial charge in [0.05, 0.1) is 12.5 Å². The molecule has 0 radical (unpaired) electrons. The van der Waals surface area contributed by atoms with Crippen LogP contribution in [0.25, 0.3) is 11.3 Å². The lowest BCUT2D eigenvalue weighted by Crippen LogP contribution is -2.06. The number of terminal acetylenes is 1. The van der Waals surface area contributed by atoms with E-state index in [1.807, 2.05) is 0 Å². The van der Waals surface area contributed by atoms with Crippen LogP contribution in [0.15, 0.2) is 12.5 Å². The minimum atomic E-state index is 0.410. The maximum atomic E-state index is 5.32. The fourth-order valence-electron chi connectivity index (χ4n) is 1.83. The van der Waals surface area contributed by atoms with Crippen molar-refractivity contribution in [2.24, 2.45) is 0 Å². The van der Waals surface area contributed by atoms with E-state index in [9.17, 15) is 0 Å². The van der Waals surface area contributed by atoms with Gasteiger partial charge >= 0.3 is 0 Å². The summed E-state index contributed by atoms with van der Waals surface area (Å²) in [5.74, 6) is 2.50. The number of fused-ring (bicyclic) bond motifs is 1. The van der Waals surface area contributed by atoms with Crippen LogP contribution in [0, 0.1) is 12.3 Å². The third-order valence-corrected chi connectivity index (χ3v) is 2.77. The average Bonchev–Trinajstić information content (AvgIpc) is 2.74. The standard InChI is InChI=1S/C12H14N4/c1-4-9-7-13-11-12(15-9)16(8-14-11)10(5-2)6-3/h1,7-8,10H,5-6H2,2-3H3. The molecule has 0 fully saturated rings. The summed E-state index contributed by atoms with van der Waals surface area (Å²) in [5.41, 5.74) is 2.00. The van der Waals surface area contributed by atoms with Gasteiger partial charge in [0.1, 0.15) is 5.69 Å². The summed E-state index contributed by atoms with van der Waals surface area (Å²) >= 11 is 0. The van der Waals surface area contributed by atoms with E-state index < -0.39 is 0 Å². The number of hydrogen-bond donors (Lipinski definition) is 0. The molecule has 16 heavy (non-hydrogen) atoms. The lowest BCUT2D eigenvalue weighted by molar-refractivity contribution is 0.480. The molecular weight excluding hydrogens is 200 g/mol. The van der Waals surface area contributed by atoms with Crippen molar-refractivity contribution in [1.29, 1.82) is 0 Å². The molecule has 0 atom stereocenters. The quantitative estimate of drug-likeness (QED) is 0.735. The molecule has 2 aromatic rings. The predicted molar refractivity (Wildman–Crippen MR) is 62.9 cm³/mol. The molecule has 0 N–H and O–H groups in total. The Morgan fingerprint density at radius 3 is 2.75 bits per heavy atom. The molecule has 0 aliphatic rings. The second kappa shape index (κ2) is 4.31. The molecule has 82 valence electrons. The van der Waals surface area contributed by atoms with E-state index in [-0.39, 0.29) is 0 Å². The third kappa shape index (κ3) is 1.65. The Hall–Kier alpha value is -1.89. The summed E-state index contributed by atoms with van der Waals surface area (Å²) in [7, 11) is 0. The first kappa shape index (κ1) is 10.6. The van der Waals surface area contributed by atoms with Gasteiger partial charge in [-0.3, -0.25) is 0 Å². The molecule has 0 amide bonds. The van der Waals surface area contributed by atoms with Gasteiger partial charge in [-0.15, -0.1) is 6.42 Å². The minimum Gasteiger partial charge on any atom is -0.311 e. The lowest BCUT2D eigenvalue weighted by atomic mass is 10.2. The van der Waals surface area contributed by atoms with Crippen molar-refractivity contribution < 1.29 is 0 Å². The van der Waals surface area contributed by atoms with Crippen LogP contribution < -0.4 is 0 Å². The third-order valence-electron chi connectivity index (χ3n) is 2.77. The Bertz CT molecular complexity index is 531. The number of hydrogen-bond acceptors (Lipinski definition) is 3. The smallest absolute Gasteiger partial charge is 0.197 e. The fraction of sp³-hybridized carbons (Fsp3) is 0.417. The van der Waals surface area contributed by atoms with Gasteiger partial charge in [0.25, 0.3) is 0 Å². The molecule has 0 aliphatic heterocycles. The molecule has 0 spiro atoms. The highest BCUT2D eigenvalue weighted by Gasteiger charge is 2.12. The maximum absolute atomic E-state index is 5.32. The molecule has 0 aliphatic carbocycles. The molecular formula is C12H14N4. The largest absolute Gasteiger partial charge is 0.311 e. The lowest BCUT2D eigenvalue weighted by Gasteiger charge is -2.14. The Balaban J connectivity index is 2.58. The molecule has 0 unspecified atom stereocenters. The molecule has 0 bridgehead atoms. The summed E-state index contributed by atoms with van der Waals surface area (Å²) in [4.78, 5) is 12.8. The molecule has 4 nitrogen and oxygen atoms in total. The normalized spacial score (nSPS) is 10.9. The zero-order valence-corrected chi connectivity index (χ0v) is 9.51. The van der Waals surface area contributed by atoms with Crippen molar-refractivity contribution in [1.82, 2.24) is 19.5 Å². The highest BCUT2D eigenvalue weighted by atomic mass is 15.1. The van der Waals surface area contributed by atoms with Gasteiger partial charge in [-0.05, 0) is 18.8 Å². The first-order chi connectivity index (χ1) is 7.80.